The lowest BCUT2D eigenvalue weighted by molar-refractivity contribution is -0.0330. The minimum absolute atomic E-state index is 0.294. The molecule has 0 saturated carbocycles. The monoisotopic (exact) mass is 235 g/mol. The topological polar surface area (TPSA) is 43.7 Å². The predicted octanol–water partition coefficient (Wildman–Crippen LogP) is 1.35. The van der Waals surface area contributed by atoms with Crippen LogP contribution in [0.1, 0.15) is 25.3 Å². The van der Waals surface area contributed by atoms with Gasteiger partial charge in [-0.3, -0.25) is 0 Å². The van der Waals surface area contributed by atoms with Crippen molar-refractivity contribution in [2.75, 3.05) is 19.6 Å². The molecular formula is C14H21NO2. The van der Waals surface area contributed by atoms with Gasteiger partial charge < -0.3 is 15.1 Å². The van der Waals surface area contributed by atoms with E-state index in [-0.39, 0.29) is 6.10 Å². The van der Waals surface area contributed by atoms with Gasteiger partial charge >= 0.3 is 0 Å². The third-order valence-electron chi connectivity index (χ3n) is 3.52. The fourth-order valence-corrected chi connectivity index (χ4v) is 2.52. The van der Waals surface area contributed by atoms with Crippen molar-refractivity contribution >= 4 is 0 Å². The van der Waals surface area contributed by atoms with E-state index in [1.54, 1.807) is 6.92 Å². The minimum atomic E-state index is -0.684. The number of piperidine rings is 1. The number of aliphatic hydroxyl groups is 2. The van der Waals surface area contributed by atoms with Crippen molar-refractivity contribution in [3.05, 3.63) is 35.9 Å². The lowest BCUT2D eigenvalue weighted by atomic mass is 9.84. The molecule has 1 heterocycles. The number of hydrogen-bond acceptors (Lipinski definition) is 3. The zero-order chi connectivity index (χ0) is 12.3. The van der Waals surface area contributed by atoms with Crippen molar-refractivity contribution in [1.82, 2.24) is 4.90 Å². The summed E-state index contributed by atoms with van der Waals surface area (Å²) in [6.45, 7) is 4.19. The standard InChI is InChI=1S/C14H21NO2/c1-12(16)11-15-9-7-14(17,8-10-15)13-5-3-2-4-6-13/h2-6,12,16-17H,7-11H2,1H3. The summed E-state index contributed by atoms with van der Waals surface area (Å²) >= 11 is 0. The average molecular weight is 235 g/mol. The van der Waals surface area contributed by atoms with Crippen LogP contribution in [0, 0.1) is 0 Å². The molecule has 3 heteroatoms. The van der Waals surface area contributed by atoms with Gasteiger partial charge in [-0.25, -0.2) is 0 Å². The normalized spacial score (nSPS) is 22.3. The van der Waals surface area contributed by atoms with Crippen LogP contribution >= 0.6 is 0 Å². The van der Waals surface area contributed by atoms with Gasteiger partial charge in [-0.15, -0.1) is 0 Å². The molecular weight excluding hydrogens is 214 g/mol. The molecule has 1 aliphatic heterocycles. The third-order valence-corrected chi connectivity index (χ3v) is 3.52. The summed E-state index contributed by atoms with van der Waals surface area (Å²) in [7, 11) is 0. The van der Waals surface area contributed by atoms with Crippen LogP contribution in [-0.2, 0) is 5.60 Å². The molecule has 3 nitrogen and oxygen atoms in total. The van der Waals surface area contributed by atoms with Crippen LogP contribution in [0.4, 0.5) is 0 Å². The number of nitrogens with zero attached hydrogens (tertiary/aromatic N) is 1. The molecule has 17 heavy (non-hydrogen) atoms. The Balaban J connectivity index is 1.98. The molecule has 1 fully saturated rings. The van der Waals surface area contributed by atoms with Crippen LogP contribution < -0.4 is 0 Å². The summed E-state index contributed by atoms with van der Waals surface area (Å²) < 4.78 is 0. The van der Waals surface area contributed by atoms with Crippen molar-refractivity contribution in [3.63, 3.8) is 0 Å². The quantitative estimate of drug-likeness (QED) is 0.831. The maximum atomic E-state index is 10.6. The van der Waals surface area contributed by atoms with Crippen molar-refractivity contribution in [2.45, 2.75) is 31.5 Å². The van der Waals surface area contributed by atoms with Crippen molar-refractivity contribution in [2.24, 2.45) is 0 Å². The first-order valence-corrected chi connectivity index (χ1v) is 6.28. The Kier molecular flexibility index (Phi) is 3.82. The second kappa shape index (κ2) is 5.17. The first kappa shape index (κ1) is 12.6. The molecule has 0 aliphatic carbocycles. The smallest absolute Gasteiger partial charge is 0.0920 e. The van der Waals surface area contributed by atoms with Gasteiger partial charge in [-0.2, -0.15) is 0 Å². The molecule has 0 aromatic heterocycles. The molecule has 1 aromatic carbocycles. The van der Waals surface area contributed by atoms with Crippen LogP contribution in [0.25, 0.3) is 0 Å². The first-order chi connectivity index (χ1) is 8.10. The highest BCUT2D eigenvalue weighted by atomic mass is 16.3. The number of rotatable bonds is 3. The molecule has 1 aromatic rings. The zero-order valence-corrected chi connectivity index (χ0v) is 10.3. The summed E-state index contributed by atoms with van der Waals surface area (Å²) in [5.74, 6) is 0. The SMILES string of the molecule is CC(O)CN1CCC(O)(c2ccccc2)CC1. The van der Waals surface area contributed by atoms with E-state index in [9.17, 15) is 10.2 Å². The Morgan fingerprint density at radius 3 is 2.35 bits per heavy atom. The highest BCUT2D eigenvalue weighted by molar-refractivity contribution is 5.22. The van der Waals surface area contributed by atoms with Gasteiger partial charge in [0.15, 0.2) is 0 Å². The summed E-state index contributed by atoms with van der Waals surface area (Å²) in [5.41, 5.74) is 0.327. The van der Waals surface area contributed by atoms with Gasteiger partial charge in [0, 0.05) is 19.6 Å². The molecule has 1 aliphatic rings. The average Bonchev–Trinajstić information content (AvgIpc) is 2.33. The van der Waals surface area contributed by atoms with Crippen molar-refractivity contribution in [1.29, 1.82) is 0 Å². The van der Waals surface area contributed by atoms with Gasteiger partial charge in [0.05, 0.1) is 11.7 Å². The number of likely N-dealkylation sites (tertiary alicyclic amines) is 1. The van der Waals surface area contributed by atoms with Crippen molar-refractivity contribution in [3.8, 4) is 0 Å². The van der Waals surface area contributed by atoms with E-state index in [0.29, 0.717) is 6.54 Å². The molecule has 2 N–H and O–H groups in total. The van der Waals surface area contributed by atoms with Gasteiger partial charge in [-0.05, 0) is 25.3 Å². The lowest BCUT2D eigenvalue weighted by Crippen LogP contribution is -2.44. The van der Waals surface area contributed by atoms with Gasteiger partial charge in [-0.1, -0.05) is 30.3 Å². The molecule has 0 bridgehead atoms. The Bertz CT molecular complexity index is 342. The Hall–Kier alpha value is -0.900. The fourth-order valence-electron chi connectivity index (χ4n) is 2.52. The van der Waals surface area contributed by atoms with Crippen LogP contribution in [0.5, 0.6) is 0 Å². The van der Waals surface area contributed by atoms with E-state index in [1.165, 1.54) is 0 Å². The third kappa shape index (κ3) is 3.06. The first-order valence-electron chi connectivity index (χ1n) is 6.28. The molecule has 94 valence electrons. The van der Waals surface area contributed by atoms with E-state index in [1.807, 2.05) is 30.3 Å². The molecule has 0 spiro atoms. The maximum Gasteiger partial charge on any atom is 0.0920 e. The fraction of sp³-hybridized carbons (Fsp3) is 0.571. The Morgan fingerprint density at radius 2 is 1.82 bits per heavy atom. The zero-order valence-electron chi connectivity index (χ0n) is 10.3. The van der Waals surface area contributed by atoms with Crippen LogP contribution in [0.3, 0.4) is 0 Å². The van der Waals surface area contributed by atoms with Gasteiger partial charge in [0.2, 0.25) is 0 Å². The van der Waals surface area contributed by atoms with E-state index >= 15 is 0 Å². The van der Waals surface area contributed by atoms with Crippen LogP contribution in [-0.4, -0.2) is 40.9 Å². The lowest BCUT2D eigenvalue weighted by Gasteiger charge is -2.39. The predicted molar refractivity (Wildman–Crippen MR) is 67.7 cm³/mol. The molecule has 0 radical (unpaired) electrons. The summed E-state index contributed by atoms with van der Waals surface area (Å²) in [6, 6.07) is 9.88. The summed E-state index contributed by atoms with van der Waals surface area (Å²) in [5, 5.41) is 20.0. The molecule has 0 amide bonds. The molecule has 1 saturated heterocycles. The highest BCUT2D eigenvalue weighted by Crippen LogP contribution is 2.32. The van der Waals surface area contributed by atoms with E-state index in [4.69, 9.17) is 0 Å². The number of β-amino-alcohol motifs (C(OH)–C–C–N with tert-alkyl or cyclic N) is 1. The van der Waals surface area contributed by atoms with E-state index in [2.05, 4.69) is 4.90 Å². The second-order valence-corrected chi connectivity index (χ2v) is 5.05. The minimum Gasteiger partial charge on any atom is -0.392 e. The Morgan fingerprint density at radius 1 is 1.24 bits per heavy atom. The summed E-state index contributed by atoms with van der Waals surface area (Å²) in [4.78, 5) is 2.21. The largest absolute Gasteiger partial charge is 0.392 e. The molecule has 1 unspecified atom stereocenters. The second-order valence-electron chi connectivity index (χ2n) is 5.05. The summed E-state index contributed by atoms with van der Waals surface area (Å²) in [6.07, 6.45) is 1.19. The maximum absolute atomic E-state index is 10.6. The highest BCUT2D eigenvalue weighted by Gasteiger charge is 2.33. The van der Waals surface area contributed by atoms with Crippen molar-refractivity contribution < 1.29 is 10.2 Å². The Labute approximate surface area is 103 Å². The van der Waals surface area contributed by atoms with E-state index < -0.39 is 5.60 Å². The van der Waals surface area contributed by atoms with Gasteiger partial charge in [0.1, 0.15) is 0 Å². The molecule has 2 rings (SSSR count). The number of hydrogen-bond donors (Lipinski definition) is 2. The van der Waals surface area contributed by atoms with E-state index in [0.717, 1.165) is 31.5 Å². The van der Waals surface area contributed by atoms with Crippen LogP contribution in [0.2, 0.25) is 0 Å². The number of aliphatic hydroxyl groups excluding tert-OH is 1. The molecule has 1 atom stereocenters. The van der Waals surface area contributed by atoms with Crippen LogP contribution in [0.15, 0.2) is 30.3 Å². The van der Waals surface area contributed by atoms with Gasteiger partial charge in [0.25, 0.3) is 0 Å². The number of benzene rings is 1.